The number of sulfonamides is 1. The lowest BCUT2D eigenvalue weighted by Crippen LogP contribution is -2.49. The number of amides is 1. The van der Waals surface area contributed by atoms with E-state index in [9.17, 15) is 13.2 Å². The van der Waals surface area contributed by atoms with Gasteiger partial charge in [0.2, 0.25) is 10.0 Å². The van der Waals surface area contributed by atoms with Gasteiger partial charge in [0, 0.05) is 39.0 Å². The first-order valence-electron chi connectivity index (χ1n) is 14.6. The van der Waals surface area contributed by atoms with Crippen molar-refractivity contribution >= 4 is 38.9 Å². The van der Waals surface area contributed by atoms with Crippen molar-refractivity contribution in [1.82, 2.24) is 14.5 Å². The molecule has 45 heavy (non-hydrogen) atoms. The molecule has 1 amide bonds. The van der Waals surface area contributed by atoms with E-state index in [1.807, 2.05) is 36.4 Å². The number of hydrogen-bond acceptors (Lipinski definition) is 7. The number of methoxy groups -OCH3 is 1. The summed E-state index contributed by atoms with van der Waals surface area (Å²) in [6.07, 6.45) is 0. The number of hydrogen-bond donors (Lipinski definition) is 2. The molecule has 0 aliphatic carbocycles. The summed E-state index contributed by atoms with van der Waals surface area (Å²) < 4.78 is 39.3. The van der Waals surface area contributed by atoms with Crippen LogP contribution in [-0.2, 0) is 14.8 Å². The highest BCUT2D eigenvalue weighted by Crippen LogP contribution is 2.30. The molecule has 4 aromatic carbocycles. The predicted octanol–water partition coefficient (Wildman–Crippen LogP) is 4.93. The van der Waals surface area contributed by atoms with E-state index in [0.29, 0.717) is 56.4 Å². The van der Waals surface area contributed by atoms with Crippen molar-refractivity contribution in [3.8, 4) is 5.75 Å². The Balaban J connectivity index is 1.19. The third-order valence-corrected chi connectivity index (χ3v) is 9.64. The van der Waals surface area contributed by atoms with Gasteiger partial charge >= 0.3 is 0 Å². The summed E-state index contributed by atoms with van der Waals surface area (Å²) in [6, 6.07) is 33.8. The average molecular weight is 645 g/mol. The maximum atomic E-state index is 13.6. The van der Waals surface area contributed by atoms with E-state index in [-0.39, 0.29) is 16.0 Å². The van der Waals surface area contributed by atoms with Crippen LogP contribution in [0, 0.1) is 0 Å². The Hall–Kier alpha value is -4.13. The molecule has 1 fully saturated rings. The maximum absolute atomic E-state index is 13.6. The summed E-state index contributed by atoms with van der Waals surface area (Å²) in [4.78, 5) is 15.4. The predicted molar refractivity (Wildman–Crippen MR) is 179 cm³/mol. The number of carbonyl (C=O) groups is 1. The van der Waals surface area contributed by atoms with E-state index < -0.39 is 15.9 Å². The fraction of sp³-hybridized carbons (Fsp3) is 0.235. The second kappa shape index (κ2) is 15.2. The van der Waals surface area contributed by atoms with Gasteiger partial charge in [0.1, 0.15) is 12.4 Å². The smallest absolute Gasteiger partial charge is 0.261 e. The molecule has 4 aromatic rings. The quantitative estimate of drug-likeness (QED) is 0.175. The molecule has 0 unspecified atom stereocenters. The SMILES string of the molecule is COCCOc1ccccc1C(=O)NC(=S)Nc1ccc(S(=O)(=O)N2CCN(C(c3ccccc3)c3ccccc3)CC2)cc1. The van der Waals surface area contributed by atoms with E-state index >= 15 is 0 Å². The standard InChI is InChI=1S/C34H36N4O5S2/c1-42-24-25-43-31-15-9-8-14-30(31)33(39)36-34(44)35-28-16-18-29(19-17-28)45(40,41)38-22-20-37(21-23-38)32(26-10-4-2-5-11-26)27-12-6-3-7-13-27/h2-19,32H,20-25H2,1H3,(H2,35,36,39,44). The van der Waals surface area contributed by atoms with Gasteiger partial charge in [0.05, 0.1) is 23.1 Å². The molecule has 1 aliphatic heterocycles. The molecule has 0 radical (unpaired) electrons. The largest absolute Gasteiger partial charge is 0.490 e. The van der Waals surface area contributed by atoms with Gasteiger partial charge in [-0.15, -0.1) is 0 Å². The number of para-hydroxylation sites is 1. The van der Waals surface area contributed by atoms with Crippen LogP contribution in [0.4, 0.5) is 5.69 Å². The molecule has 234 valence electrons. The zero-order valence-corrected chi connectivity index (χ0v) is 26.6. The van der Waals surface area contributed by atoms with Gasteiger partial charge in [-0.3, -0.25) is 15.0 Å². The van der Waals surface area contributed by atoms with Crippen LogP contribution in [0.15, 0.2) is 114 Å². The molecular formula is C34H36N4O5S2. The first-order valence-corrected chi connectivity index (χ1v) is 16.5. The molecule has 0 saturated carbocycles. The van der Waals surface area contributed by atoms with Gasteiger partial charge in [0.25, 0.3) is 5.91 Å². The molecule has 1 aliphatic rings. The van der Waals surface area contributed by atoms with Crippen molar-refractivity contribution < 1.29 is 22.7 Å². The number of piperazine rings is 1. The fourth-order valence-electron chi connectivity index (χ4n) is 5.29. The van der Waals surface area contributed by atoms with Gasteiger partial charge in [-0.2, -0.15) is 4.31 Å². The van der Waals surface area contributed by atoms with Gasteiger partial charge < -0.3 is 14.8 Å². The first-order chi connectivity index (χ1) is 21.9. The highest BCUT2D eigenvalue weighted by molar-refractivity contribution is 7.89. The number of rotatable bonds is 11. The number of anilines is 1. The van der Waals surface area contributed by atoms with Gasteiger partial charge in [-0.25, -0.2) is 8.42 Å². The van der Waals surface area contributed by atoms with E-state index in [0.717, 1.165) is 0 Å². The zero-order valence-electron chi connectivity index (χ0n) is 25.0. The second-order valence-electron chi connectivity index (χ2n) is 10.4. The molecular weight excluding hydrogens is 609 g/mol. The van der Waals surface area contributed by atoms with E-state index in [4.69, 9.17) is 21.7 Å². The molecule has 2 N–H and O–H groups in total. The monoisotopic (exact) mass is 644 g/mol. The van der Waals surface area contributed by atoms with E-state index in [2.05, 4.69) is 39.8 Å². The van der Waals surface area contributed by atoms with Gasteiger partial charge in [-0.1, -0.05) is 72.8 Å². The normalized spacial score (nSPS) is 14.2. The Morgan fingerprint density at radius 3 is 1.98 bits per heavy atom. The molecule has 11 heteroatoms. The van der Waals surface area contributed by atoms with Gasteiger partial charge in [-0.05, 0) is 59.7 Å². The number of nitrogens with one attached hydrogen (secondary N) is 2. The fourth-order valence-corrected chi connectivity index (χ4v) is 6.93. The molecule has 0 spiro atoms. The van der Waals surface area contributed by atoms with E-state index in [1.54, 1.807) is 55.6 Å². The van der Waals surface area contributed by atoms with Gasteiger partial charge in [0.15, 0.2) is 5.11 Å². The van der Waals surface area contributed by atoms with Crippen LogP contribution in [0.3, 0.4) is 0 Å². The summed E-state index contributed by atoms with van der Waals surface area (Å²) in [6.45, 7) is 2.65. The molecule has 0 bridgehead atoms. The molecule has 1 saturated heterocycles. The van der Waals surface area contributed by atoms with Crippen LogP contribution in [0.5, 0.6) is 5.75 Å². The lowest BCUT2D eigenvalue weighted by Gasteiger charge is -2.39. The number of thiocarbonyl (C=S) groups is 1. The highest BCUT2D eigenvalue weighted by atomic mass is 32.2. The number of carbonyl (C=O) groups excluding carboxylic acids is 1. The third kappa shape index (κ3) is 8.13. The van der Waals surface area contributed by atoms with Crippen molar-refractivity contribution in [2.24, 2.45) is 0 Å². The molecule has 0 atom stereocenters. The van der Waals surface area contributed by atoms with Crippen molar-refractivity contribution in [2.45, 2.75) is 10.9 Å². The Kier molecular flexibility index (Phi) is 10.9. The van der Waals surface area contributed by atoms with Crippen LogP contribution in [0.25, 0.3) is 0 Å². The Labute approximate surface area is 269 Å². The number of nitrogens with zero attached hydrogens (tertiary/aromatic N) is 2. The molecule has 1 heterocycles. The highest BCUT2D eigenvalue weighted by Gasteiger charge is 2.32. The van der Waals surface area contributed by atoms with Crippen molar-refractivity contribution in [3.63, 3.8) is 0 Å². The van der Waals surface area contributed by atoms with Crippen LogP contribution in [0.2, 0.25) is 0 Å². The average Bonchev–Trinajstić information content (AvgIpc) is 3.07. The van der Waals surface area contributed by atoms with Crippen LogP contribution < -0.4 is 15.4 Å². The summed E-state index contributed by atoms with van der Waals surface area (Å²) in [5.41, 5.74) is 3.23. The first kappa shape index (κ1) is 32.3. The Morgan fingerprint density at radius 1 is 0.800 bits per heavy atom. The molecule has 9 nitrogen and oxygen atoms in total. The second-order valence-corrected chi connectivity index (χ2v) is 12.8. The van der Waals surface area contributed by atoms with E-state index in [1.165, 1.54) is 15.4 Å². The summed E-state index contributed by atoms with van der Waals surface area (Å²) in [5.74, 6) is -0.0125. The minimum absolute atomic E-state index is 0.0450. The number of benzene rings is 4. The summed E-state index contributed by atoms with van der Waals surface area (Å²) in [5, 5.41) is 5.67. The zero-order chi connectivity index (χ0) is 31.6. The van der Waals surface area contributed by atoms with Crippen molar-refractivity contribution in [3.05, 3.63) is 126 Å². The molecule has 0 aromatic heterocycles. The number of ether oxygens (including phenoxy) is 2. The Bertz CT molecular complexity index is 1640. The van der Waals surface area contributed by atoms with Crippen LogP contribution in [-0.4, -0.2) is 75.1 Å². The lowest BCUT2D eigenvalue weighted by atomic mass is 9.96. The molecule has 5 rings (SSSR count). The van der Waals surface area contributed by atoms with Crippen molar-refractivity contribution in [2.75, 3.05) is 51.8 Å². The van der Waals surface area contributed by atoms with Crippen LogP contribution in [0.1, 0.15) is 27.5 Å². The summed E-state index contributed by atoms with van der Waals surface area (Å²) >= 11 is 5.34. The maximum Gasteiger partial charge on any atom is 0.261 e. The topological polar surface area (TPSA) is 100 Å². The lowest BCUT2D eigenvalue weighted by molar-refractivity contribution is 0.0970. The summed E-state index contributed by atoms with van der Waals surface area (Å²) in [7, 11) is -2.13. The van der Waals surface area contributed by atoms with Crippen LogP contribution >= 0.6 is 12.2 Å². The third-order valence-electron chi connectivity index (χ3n) is 7.52. The van der Waals surface area contributed by atoms with Crippen molar-refractivity contribution in [1.29, 1.82) is 0 Å². The minimum Gasteiger partial charge on any atom is -0.490 e. The minimum atomic E-state index is -3.70. The Morgan fingerprint density at radius 2 is 1.38 bits per heavy atom.